The van der Waals surface area contributed by atoms with Gasteiger partial charge in [-0.25, -0.2) is 0 Å². The lowest BCUT2D eigenvalue weighted by Gasteiger charge is -2.30. The molecule has 1 aliphatic carbocycles. The van der Waals surface area contributed by atoms with Crippen LogP contribution < -0.4 is 0 Å². The highest BCUT2D eigenvalue weighted by Crippen LogP contribution is 2.40. The van der Waals surface area contributed by atoms with Gasteiger partial charge in [-0.1, -0.05) is 135 Å². The number of nitrogens with zero attached hydrogens (tertiary/aromatic N) is 1. The van der Waals surface area contributed by atoms with Crippen molar-refractivity contribution < 1.29 is 47.7 Å². The van der Waals surface area contributed by atoms with Gasteiger partial charge in [-0.3, -0.25) is 24.0 Å². The summed E-state index contributed by atoms with van der Waals surface area (Å²) in [5, 5.41) is 0. The minimum atomic E-state index is -0.538. The molecule has 0 aromatic rings. The van der Waals surface area contributed by atoms with Crippen molar-refractivity contribution in [3.05, 3.63) is 36.5 Å². The molecule has 402 valence electrons. The number of hydrogen-bond donors (Lipinski definition) is 0. The SMILES string of the molecule is CC/C=C\CC1C(CC(=O)OCC(CCCCCCCC/C=C\C/C=C\CCCCC)OC(=O)CCCCC(COC(=O)CCCCC)COC(=O)CCCCC)CCC1OC(=O)C1CCN(C)CC1. The summed E-state index contributed by atoms with van der Waals surface area (Å²) in [5.74, 6) is -1.33. The van der Waals surface area contributed by atoms with Crippen LogP contribution in [0.25, 0.3) is 0 Å². The summed E-state index contributed by atoms with van der Waals surface area (Å²) in [6.45, 7) is 10.7. The highest BCUT2D eigenvalue weighted by molar-refractivity contribution is 5.73. The summed E-state index contributed by atoms with van der Waals surface area (Å²) in [6.07, 6.45) is 40.5. The van der Waals surface area contributed by atoms with Gasteiger partial charge in [0.15, 0.2) is 0 Å². The van der Waals surface area contributed by atoms with Gasteiger partial charge in [-0.05, 0) is 135 Å². The lowest BCUT2D eigenvalue weighted by Crippen LogP contribution is -2.36. The van der Waals surface area contributed by atoms with E-state index >= 15 is 0 Å². The fourth-order valence-electron chi connectivity index (χ4n) is 9.53. The van der Waals surface area contributed by atoms with Crippen LogP contribution in [0.5, 0.6) is 0 Å². The lowest BCUT2D eigenvalue weighted by molar-refractivity contribution is -0.161. The molecule has 2 aliphatic rings. The van der Waals surface area contributed by atoms with Crippen LogP contribution in [0.4, 0.5) is 0 Å². The molecule has 11 nitrogen and oxygen atoms in total. The molecule has 2 rings (SSSR count). The summed E-state index contributed by atoms with van der Waals surface area (Å²) in [7, 11) is 2.08. The van der Waals surface area contributed by atoms with E-state index in [0.717, 1.165) is 129 Å². The van der Waals surface area contributed by atoms with Gasteiger partial charge < -0.3 is 28.6 Å². The first-order chi connectivity index (χ1) is 34.1. The standard InChI is InChI=1S/C59H101NO10/c1-6-10-14-15-16-17-18-19-20-21-22-23-24-25-26-30-34-52(69-57(63)38-32-31-33-49(46-66-55(61)36-28-12-8-3)47-67-56(62)37-29-13-9-4)48-68-58(64)45-51-39-40-54(53(51)35-27-11-7-2)70-59(65)50-41-43-60(5)44-42-50/h11,16-17,19-20,27,49-54H,6-10,12-15,18,21-26,28-48H2,1-5H3/b17-16-,20-19-,27-11-. The molecule has 0 amide bonds. The molecule has 2 fully saturated rings. The first kappa shape index (κ1) is 62.6. The van der Waals surface area contributed by atoms with Crippen LogP contribution in [0, 0.1) is 23.7 Å². The van der Waals surface area contributed by atoms with Crippen molar-refractivity contribution in [1.82, 2.24) is 4.90 Å². The van der Waals surface area contributed by atoms with Crippen molar-refractivity contribution in [3.63, 3.8) is 0 Å². The van der Waals surface area contributed by atoms with Crippen LogP contribution in [0.3, 0.4) is 0 Å². The van der Waals surface area contributed by atoms with E-state index in [-0.39, 0.29) is 92.3 Å². The van der Waals surface area contributed by atoms with Crippen molar-refractivity contribution in [2.45, 2.75) is 245 Å². The van der Waals surface area contributed by atoms with Gasteiger partial charge in [-0.2, -0.15) is 0 Å². The summed E-state index contributed by atoms with van der Waals surface area (Å²) in [4.78, 5) is 67.1. The zero-order valence-corrected chi connectivity index (χ0v) is 45.1. The number of carbonyl (C=O) groups is 5. The number of esters is 5. The minimum absolute atomic E-state index is 0.0157. The van der Waals surface area contributed by atoms with E-state index in [2.05, 4.69) is 76.1 Å². The molecular weight excluding hydrogens is 883 g/mol. The average molecular weight is 984 g/mol. The van der Waals surface area contributed by atoms with E-state index in [1.165, 1.54) is 38.5 Å². The van der Waals surface area contributed by atoms with Crippen LogP contribution in [0.15, 0.2) is 36.5 Å². The number of piperidine rings is 1. The van der Waals surface area contributed by atoms with Gasteiger partial charge in [0.2, 0.25) is 0 Å². The predicted octanol–water partition coefficient (Wildman–Crippen LogP) is 14.1. The third-order valence-corrected chi connectivity index (χ3v) is 14.1. The number of rotatable bonds is 42. The van der Waals surface area contributed by atoms with Crippen LogP contribution in [0.2, 0.25) is 0 Å². The van der Waals surface area contributed by atoms with Gasteiger partial charge >= 0.3 is 29.8 Å². The molecule has 1 heterocycles. The van der Waals surface area contributed by atoms with E-state index in [1.807, 2.05) is 0 Å². The highest BCUT2D eigenvalue weighted by atomic mass is 16.6. The Labute approximate surface area is 426 Å². The molecule has 4 unspecified atom stereocenters. The molecule has 70 heavy (non-hydrogen) atoms. The topological polar surface area (TPSA) is 135 Å². The first-order valence-electron chi connectivity index (χ1n) is 28.6. The number of carbonyl (C=O) groups excluding carboxylic acids is 5. The second kappa shape index (κ2) is 42.1. The zero-order valence-electron chi connectivity index (χ0n) is 45.1. The lowest BCUT2D eigenvalue weighted by atomic mass is 9.88. The highest BCUT2D eigenvalue weighted by Gasteiger charge is 2.40. The van der Waals surface area contributed by atoms with Gasteiger partial charge in [0.05, 0.1) is 19.1 Å². The maximum absolute atomic E-state index is 13.5. The molecule has 1 saturated heterocycles. The van der Waals surface area contributed by atoms with Crippen LogP contribution in [-0.2, 0) is 47.7 Å². The quantitative estimate of drug-likeness (QED) is 0.0250. The smallest absolute Gasteiger partial charge is 0.309 e. The van der Waals surface area contributed by atoms with E-state index in [9.17, 15) is 24.0 Å². The predicted molar refractivity (Wildman–Crippen MR) is 282 cm³/mol. The summed E-state index contributed by atoms with van der Waals surface area (Å²) in [5.41, 5.74) is 0. The third-order valence-electron chi connectivity index (χ3n) is 14.1. The number of likely N-dealkylation sites (tertiary alicyclic amines) is 1. The molecule has 1 aliphatic heterocycles. The second-order valence-corrected chi connectivity index (χ2v) is 20.4. The van der Waals surface area contributed by atoms with Gasteiger partial charge in [0.1, 0.15) is 18.8 Å². The fraction of sp³-hybridized carbons (Fsp3) is 0.814. The summed E-state index contributed by atoms with van der Waals surface area (Å²) >= 11 is 0. The van der Waals surface area contributed by atoms with E-state index in [0.29, 0.717) is 38.5 Å². The van der Waals surface area contributed by atoms with Crippen molar-refractivity contribution >= 4 is 29.8 Å². The number of ether oxygens (including phenoxy) is 5. The maximum Gasteiger partial charge on any atom is 0.309 e. The van der Waals surface area contributed by atoms with Crippen LogP contribution in [0.1, 0.15) is 233 Å². The Morgan fingerprint density at radius 2 is 1.09 bits per heavy atom. The first-order valence-corrected chi connectivity index (χ1v) is 28.6. The zero-order chi connectivity index (χ0) is 50.9. The van der Waals surface area contributed by atoms with E-state index in [4.69, 9.17) is 23.7 Å². The molecule has 0 N–H and O–H groups in total. The molecule has 0 radical (unpaired) electrons. The summed E-state index contributed by atoms with van der Waals surface area (Å²) in [6, 6.07) is 0. The maximum atomic E-state index is 13.5. The van der Waals surface area contributed by atoms with Crippen molar-refractivity contribution in [3.8, 4) is 0 Å². The van der Waals surface area contributed by atoms with Gasteiger partial charge in [0.25, 0.3) is 0 Å². The Morgan fingerprint density at radius 1 is 0.543 bits per heavy atom. The van der Waals surface area contributed by atoms with Crippen molar-refractivity contribution in [1.29, 1.82) is 0 Å². The monoisotopic (exact) mass is 984 g/mol. The molecule has 1 saturated carbocycles. The normalized spacial score (nSPS) is 18.3. The minimum Gasteiger partial charge on any atom is -0.465 e. The van der Waals surface area contributed by atoms with Gasteiger partial charge in [0, 0.05) is 37.5 Å². The number of allylic oxidation sites excluding steroid dienone is 6. The Balaban J connectivity index is 1.95. The Kier molecular flexibility index (Phi) is 37.7. The number of unbranched alkanes of at least 4 members (excludes halogenated alkanes) is 14. The van der Waals surface area contributed by atoms with Gasteiger partial charge in [-0.15, -0.1) is 0 Å². The molecular formula is C59H101NO10. The van der Waals surface area contributed by atoms with Crippen molar-refractivity contribution in [2.75, 3.05) is 40.0 Å². The second-order valence-electron chi connectivity index (χ2n) is 20.4. The third kappa shape index (κ3) is 31.8. The fourth-order valence-corrected chi connectivity index (χ4v) is 9.53. The van der Waals surface area contributed by atoms with Crippen molar-refractivity contribution in [2.24, 2.45) is 23.7 Å². The Bertz CT molecular complexity index is 1440. The largest absolute Gasteiger partial charge is 0.465 e. The molecule has 11 heteroatoms. The Morgan fingerprint density at radius 3 is 1.71 bits per heavy atom. The van der Waals surface area contributed by atoms with E-state index < -0.39 is 6.10 Å². The molecule has 0 spiro atoms. The van der Waals surface area contributed by atoms with E-state index in [1.54, 1.807) is 0 Å². The molecule has 4 atom stereocenters. The van der Waals surface area contributed by atoms with Crippen LogP contribution in [-0.4, -0.2) is 86.9 Å². The number of hydrogen-bond acceptors (Lipinski definition) is 11. The molecule has 0 bridgehead atoms. The molecule has 0 aromatic carbocycles. The van der Waals surface area contributed by atoms with Crippen LogP contribution >= 0.6 is 0 Å². The average Bonchev–Trinajstić information content (AvgIpc) is 3.71. The summed E-state index contributed by atoms with van der Waals surface area (Å²) < 4.78 is 29.3. The Hall–Kier alpha value is -3.47. The molecule has 0 aromatic heterocycles.